The highest BCUT2D eigenvalue weighted by Gasteiger charge is 2.27. The number of pyridine rings is 1. The summed E-state index contributed by atoms with van der Waals surface area (Å²) in [6, 6.07) is 2.51. The third-order valence-corrected chi connectivity index (χ3v) is 4.95. The maximum atomic E-state index is 11.6. The molecule has 1 atom stereocenters. The summed E-state index contributed by atoms with van der Waals surface area (Å²) >= 11 is 0. The molecule has 1 aromatic rings. The molecule has 0 aliphatic carbocycles. The maximum absolute atomic E-state index is 11.6. The highest BCUT2D eigenvalue weighted by molar-refractivity contribution is 7.91. The molecule has 1 fully saturated rings. The molecular formula is C11H16N4O4S. The lowest BCUT2D eigenvalue weighted by molar-refractivity contribution is -0.384. The number of anilines is 2. The number of hydrogen-bond donors (Lipinski definition) is 2. The van der Waals surface area contributed by atoms with E-state index < -0.39 is 14.8 Å². The fraction of sp³-hybridized carbons (Fsp3) is 0.545. The molecule has 1 aliphatic rings. The first kappa shape index (κ1) is 14.5. The van der Waals surface area contributed by atoms with Crippen LogP contribution in [0.3, 0.4) is 0 Å². The van der Waals surface area contributed by atoms with E-state index in [0.29, 0.717) is 18.7 Å². The van der Waals surface area contributed by atoms with Crippen LogP contribution in [0.15, 0.2) is 12.1 Å². The van der Waals surface area contributed by atoms with Gasteiger partial charge in [0.1, 0.15) is 5.82 Å². The minimum absolute atomic E-state index is 0.0182. The van der Waals surface area contributed by atoms with Crippen LogP contribution in [0.25, 0.3) is 0 Å². The fourth-order valence-electron chi connectivity index (χ4n) is 2.17. The van der Waals surface area contributed by atoms with E-state index in [1.54, 1.807) is 7.05 Å². The molecule has 2 heterocycles. The number of hydrogen-bond acceptors (Lipinski definition) is 7. The van der Waals surface area contributed by atoms with Crippen molar-refractivity contribution < 1.29 is 13.3 Å². The number of sulfone groups is 1. The van der Waals surface area contributed by atoms with Gasteiger partial charge in [-0.15, -0.1) is 0 Å². The predicted molar refractivity (Wildman–Crippen MR) is 75.7 cm³/mol. The van der Waals surface area contributed by atoms with Crippen molar-refractivity contribution in [1.29, 1.82) is 0 Å². The first-order chi connectivity index (χ1) is 9.41. The van der Waals surface area contributed by atoms with Gasteiger partial charge in [0.15, 0.2) is 9.84 Å². The van der Waals surface area contributed by atoms with E-state index in [1.165, 1.54) is 12.1 Å². The summed E-state index contributed by atoms with van der Waals surface area (Å²) in [5.74, 6) is 0.744. The molecule has 9 heteroatoms. The van der Waals surface area contributed by atoms with E-state index in [0.717, 1.165) is 0 Å². The maximum Gasteiger partial charge on any atom is 0.311 e. The van der Waals surface area contributed by atoms with E-state index in [2.05, 4.69) is 15.6 Å². The molecule has 2 rings (SSSR count). The zero-order valence-electron chi connectivity index (χ0n) is 11.0. The molecule has 8 nitrogen and oxygen atoms in total. The van der Waals surface area contributed by atoms with Gasteiger partial charge in [0.05, 0.1) is 16.4 Å². The standard InChI is InChI=1S/C11H16N4O4S/c1-12-10-5-4-9(15(16)17)11(14-10)13-8-3-2-6-20(18,19)7-8/h4-5,8H,2-3,6-7H2,1H3,(H2,12,13,14). The second kappa shape index (κ2) is 5.61. The van der Waals surface area contributed by atoms with Crippen molar-refractivity contribution in [2.24, 2.45) is 0 Å². The van der Waals surface area contributed by atoms with Crippen molar-refractivity contribution in [3.05, 3.63) is 22.2 Å². The van der Waals surface area contributed by atoms with Crippen LogP contribution in [0.1, 0.15) is 12.8 Å². The number of nitrogens with one attached hydrogen (secondary N) is 2. The van der Waals surface area contributed by atoms with Crippen LogP contribution in [0.5, 0.6) is 0 Å². The van der Waals surface area contributed by atoms with E-state index in [1.807, 2.05) is 0 Å². The summed E-state index contributed by atoms with van der Waals surface area (Å²) in [5, 5.41) is 16.7. The van der Waals surface area contributed by atoms with E-state index >= 15 is 0 Å². The van der Waals surface area contributed by atoms with Crippen LogP contribution in [-0.2, 0) is 9.84 Å². The number of aromatic nitrogens is 1. The predicted octanol–water partition coefficient (Wildman–Crippen LogP) is 1.02. The molecule has 2 N–H and O–H groups in total. The molecule has 0 radical (unpaired) electrons. The Morgan fingerprint density at radius 2 is 2.20 bits per heavy atom. The SMILES string of the molecule is CNc1ccc([N+](=O)[O-])c(NC2CCCS(=O)(=O)C2)n1. The van der Waals surface area contributed by atoms with E-state index in [-0.39, 0.29) is 29.1 Å². The lowest BCUT2D eigenvalue weighted by Crippen LogP contribution is -2.35. The third kappa shape index (κ3) is 3.35. The molecule has 110 valence electrons. The zero-order valence-corrected chi connectivity index (χ0v) is 11.8. The van der Waals surface area contributed by atoms with Crippen molar-refractivity contribution in [3.8, 4) is 0 Å². The van der Waals surface area contributed by atoms with E-state index in [9.17, 15) is 18.5 Å². The normalized spacial score (nSPS) is 21.1. The fourth-order valence-corrected chi connectivity index (χ4v) is 3.81. The van der Waals surface area contributed by atoms with Crippen LogP contribution in [-0.4, -0.2) is 42.9 Å². The molecule has 1 aromatic heterocycles. The number of rotatable bonds is 4. The van der Waals surface area contributed by atoms with Crippen molar-refractivity contribution in [1.82, 2.24) is 4.98 Å². The van der Waals surface area contributed by atoms with Crippen molar-refractivity contribution in [2.45, 2.75) is 18.9 Å². The third-order valence-electron chi connectivity index (χ3n) is 3.13. The Hall–Kier alpha value is -1.90. The van der Waals surface area contributed by atoms with Gasteiger partial charge in [-0.3, -0.25) is 10.1 Å². The highest BCUT2D eigenvalue weighted by Crippen LogP contribution is 2.26. The van der Waals surface area contributed by atoms with Crippen molar-refractivity contribution in [3.63, 3.8) is 0 Å². The van der Waals surface area contributed by atoms with E-state index in [4.69, 9.17) is 0 Å². The largest absolute Gasteiger partial charge is 0.373 e. The topological polar surface area (TPSA) is 114 Å². The lowest BCUT2D eigenvalue weighted by Gasteiger charge is -2.23. The molecule has 1 unspecified atom stereocenters. The second-order valence-corrected chi connectivity index (χ2v) is 6.90. The highest BCUT2D eigenvalue weighted by atomic mass is 32.2. The monoisotopic (exact) mass is 300 g/mol. The van der Waals surface area contributed by atoms with Crippen LogP contribution in [0, 0.1) is 10.1 Å². The Bertz CT molecular complexity index is 617. The first-order valence-electron chi connectivity index (χ1n) is 6.21. The summed E-state index contributed by atoms with van der Waals surface area (Å²) in [6.07, 6.45) is 1.21. The molecular weight excluding hydrogens is 284 g/mol. The molecule has 0 spiro atoms. The van der Waals surface area contributed by atoms with Gasteiger partial charge in [-0.05, 0) is 18.9 Å². The number of nitrogens with zero attached hydrogens (tertiary/aromatic N) is 2. The van der Waals surface area contributed by atoms with Gasteiger partial charge in [0.25, 0.3) is 0 Å². The molecule has 0 amide bonds. The summed E-state index contributed by atoms with van der Waals surface area (Å²) in [5.41, 5.74) is -0.160. The lowest BCUT2D eigenvalue weighted by atomic mass is 10.2. The Balaban J connectivity index is 2.25. The van der Waals surface area contributed by atoms with Crippen molar-refractivity contribution in [2.75, 3.05) is 29.2 Å². The van der Waals surface area contributed by atoms with Gasteiger partial charge >= 0.3 is 5.69 Å². The molecule has 1 aliphatic heterocycles. The molecule has 20 heavy (non-hydrogen) atoms. The smallest absolute Gasteiger partial charge is 0.311 e. The quantitative estimate of drug-likeness (QED) is 0.630. The number of nitro groups is 1. The summed E-state index contributed by atoms with van der Waals surface area (Å²) in [7, 11) is -1.42. The van der Waals surface area contributed by atoms with Gasteiger partial charge in [0.2, 0.25) is 5.82 Å². The first-order valence-corrected chi connectivity index (χ1v) is 8.03. The van der Waals surface area contributed by atoms with Gasteiger partial charge in [0, 0.05) is 19.2 Å². The summed E-state index contributed by atoms with van der Waals surface area (Å²) < 4.78 is 23.2. The van der Waals surface area contributed by atoms with Crippen LogP contribution in [0.4, 0.5) is 17.3 Å². The Morgan fingerprint density at radius 1 is 1.45 bits per heavy atom. The minimum Gasteiger partial charge on any atom is -0.373 e. The van der Waals surface area contributed by atoms with Gasteiger partial charge in [-0.1, -0.05) is 0 Å². The van der Waals surface area contributed by atoms with Crippen LogP contribution in [0.2, 0.25) is 0 Å². The molecule has 0 saturated carbocycles. The average molecular weight is 300 g/mol. The molecule has 0 bridgehead atoms. The van der Waals surface area contributed by atoms with Gasteiger partial charge in [-0.25, -0.2) is 13.4 Å². The van der Waals surface area contributed by atoms with Crippen molar-refractivity contribution >= 4 is 27.2 Å². The molecule has 0 aromatic carbocycles. The summed E-state index contributed by atoms with van der Waals surface area (Å²) in [4.78, 5) is 14.5. The van der Waals surface area contributed by atoms with Gasteiger partial charge < -0.3 is 10.6 Å². The Labute approximate surface area is 116 Å². The molecule has 1 saturated heterocycles. The van der Waals surface area contributed by atoms with Crippen LogP contribution < -0.4 is 10.6 Å². The van der Waals surface area contributed by atoms with Crippen LogP contribution >= 0.6 is 0 Å². The summed E-state index contributed by atoms with van der Waals surface area (Å²) in [6.45, 7) is 0. The average Bonchev–Trinajstić information content (AvgIpc) is 2.37. The minimum atomic E-state index is -3.08. The zero-order chi connectivity index (χ0) is 14.8. The Morgan fingerprint density at radius 3 is 2.80 bits per heavy atom. The second-order valence-electron chi connectivity index (χ2n) is 4.67. The van der Waals surface area contributed by atoms with Gasteiger partial charge in [-0.2, -0.15) is 0 Å². The Kier molecular flexibility index (Phi) is 4.07.